The number of para-hydroxylation sites is 1. The first-order valence-corrected chi connectivity index (χ1v) is 11.0. The third-order valence-corrected chi connectivity index (χ3v) is 5.98. The molecule has 0 aliphatic carbocycles. The van der Waals surface area contributed by atoms with Crippen molar-refractivity contribution in [2.75, 3.05) is 5.32 Å². The van der Waals surface area contributed by atoms with Crippen LogP contribution < -0.4 is 10.9 Å². The second-order valence-corrected chi connectivity index (χ2v) is 8.52. The molecule has 3 aromatic heterocycles. The molecule has 1 N–H and O–H groups in total. The summed E-state index contributed by atoms with van der Waals surface area (Å²) in [5.74, 6) is -0.378. The van der Waals surface area contributed by atoms with Gasteiger partial charge in [-0.05, 0) is 25.1 Å². The molecule has 0 atom stereocenters. The lowest BCUT2D eigenvalue weighted by Gasteiger charge is -2.04. The van der Waals surface area contributed by atoms with Gasteiger partial charge in [0.2, 0.25) is 15.8 Å². The van der Waals surface area contributed by atoms with Crippen LogP contribution in [0.4, 0.5) is 10.3 Å². The van der Waals surface area contributed by atoms with Crippen LogP contribution in [-0.2, 0) is 0 Å². The predicted molar refractivity (Wildman–Crippen MR) is 122 cm³/mol. The standard InChI is InChI=1S/C22H15N5O2S2/c1-13-5-4-7-15(11-13)20-26-27-22(31-20)24-18(28)16-12-14-6-2-3-8-17(14)29-19(16)25-21-23-9-10-30-21/h2-12H,1H3,(H,24,27,28). The highest BCUT2D eigenvalue weighted by molar-refractivity contribution is 7.18. The lowest BCUT2D eigenvalue weighted by atomic mass is 10.1. The summed E-state index contributed by atoms with van der Waals surface area (Å²) in [7, 11) is 0. The van der Waals surface area contributed by atoms with Gasteiger partial charge in [-0.3, -0.25) is 10.1 Å². The minimum atomic E-state index is -0.378. The van der Waals surface area contributed by atoms with Crippen molar-refractivity contribution >= 4 is 49.8 Å². The van der Waals surface area contributed by atoms with Crippen LogP contribution in [0.15, 0.2) is 75.6 Å². The molecule has 0 bridgehead atoms. The van der Waals surface area contributed by atoms with Gasteiger partial charge in [0.05, 0.1) is 0 Å². The van der Waals surface area contributed by atoms with Crippen LogP contribution in [0.25, 0.3) is 21.5 Å². The maximum atomic E-state index is 13.1. The number of aromatic nitrogens is 3. The van der Waals surface area contributed by atoms with Gasteiger partial charge in [0.25, 0.3) is 5.91 Å². The van der Waals surface area contributed by atoms with E-state index in [0.29, 0.717) is 21.4 Å². The Bertz CT molecular complexity index is 1450. The molecule has 5 rings (SSSR count). The van der Waals surface area contributed by atoms with Crippen LogP contribution in [0.1, 0.15) is 15.9 Å². The monoisotopic (exact) mass is 445 g/mol. The average molecular weight is 446 g/mol. The SMILES string of the molecule is Cc1cccc(-c2nnc(NC(=O)c3cc4ccccc4oc3=Nc3nccs3)s2)c1. The van der Waals surface area contributed by atoms with E-state index in [0.717, 1.165) is 21.5 Å². The number of rotatable bonds is 4. The molecule has 152 valence electrons. The smallest absolute Gasteiger partial charge is 0.263 e. The Morgan fingerprint density at radius 3 is 2.84 bits per heavy atom. The van der Waals surface area contributed by atoms with Gasteiger partial charge in [0, 0.05) is 22.5 Å². The second kappa shape index (κ2) is 8.21. The number of nitrogens with one attached hydrogen (secondary N) is 1. The number of benzene rings is 2. The average Bonchev–Trinajstić information content (AvgIpc) is 3.45. The molecule has 0 unspecified atom stereocenters. The fraction of sp³-hybridized carbons (Fsp3) is 0.0455. The quantitative estimate of drug-likeness (QED) is 0.410. The fourth-order valence-electron chi connectivity index (χ4n) is 3.01. The van der Waals surface area contributed by atoms with E-state index < -0.39 is 0 Å². The normalized spacial score (nSPS) is 11.7. The Morgan fingerprint density at radius 2 is 2.00 bits per heavy atom. The Hall–Kier alpha value is -3.69. The van der Waals surface area contributed by atoms with Gasteiger partial charge in [0.15, 0.2) is 0 Å². The summed E-state index contributed by atoms with van der Waals surface area (Å²) in [4.78, 5) is 21.7. The Balaban J connectivity index is 1.51. The Kier molecular flexibility index (Phi) is 5.11. The topological polar surface area (TPSA) is 93.3 Å². The molecule has 0 fully saturated rings. The number of carbonyl (C=O) groups is 1. The molecule has 0 saturated heterocycles. The third-order valence-electron chi connectivity index (χ3n) is 4.43. The van der Waals surface area contributed by atoms with E-state index >= 15 is 0 Å². The predicted octanol–water partition coefficient (Wildman–Crippen LogP) is 5.20. The van der Waals surface area contributed by atoms with Crippen LogP contribution in [0, 0.1) is 6.92 Å². The van der Waals surface area contributed by atoms with Crippen molar-refractivity contribution in [1.82, 2.24) is 15.2 Å². The molecule has 31 heavy (non-hydrogen) atoms. The van der Waals surface area contributed by atoms with Crippen LogP contribution in [-0.4, -0.2) is 21.1 Å². The van der Waals surface area contributed by atoms with Crippen molar-refractivity contribution in [2.45, 2.75) is 6.92 Å². The zero-order valence-electron chi connectivity index (χ0n) is 16.3. The maximum absolute atomic E-state index is 13.1. The van der Waals surface area contributed by atoms with Gasteiger partial charge in [-0.15, -0.1) is 21.5 Å². The van der Waals surface area contributed by atoms with Crippen molar-refractivity contribution in [3.8, 4) is 10.6 Å². The minimum Gasteiger partial charge on any atom is -0.437 e. The number of hydrogen-bond donors (Lipinski definition) is 1. The number of amides is 1. The van der Waals surface area contributed by atoms with Gasteiger partial charge in [-0.2, -0.15) is 4.99 Å². The molecule has 7 nitrogen and oxygen atoms in total. The molecule has 0 aliphatic rings. The van der Waals surface area contributed by atoms with Crippen molar-refractivity contribution in [2.24, 2.45) is 4.99 Å². The third kappa shape index (κ3) is 4.14. The summed E-state index contributed by atoms with van der Waals surface area (Å²) in [6.45, 7) is 2.02. The highest BCUT2D eigenvalue weighted by Crippen LogP contribution is 2.27. The number of thiazole rings is 1. The fourth-order valence-corrected chi connectivity index (χ4v) is 4.24. The number of fused-ring (bicyclic) bond motifs is 1. The lowest BCUT2D eigenvalue weighted by molar-refractivity contribution is 0.102. The van der Waals surface area contributed by atoms with Crippen LogP contribution in [0.2, 0.25) is 0 Å². The van der Waals surface area contributed by atoms with Gasteiger partial charge >= 0.3 is 0 Å². The van der Waals surface area contributed by atoms with Crippen LogP contribution in [0.3, 0.4) is 0 Å². The summed E-state index contributed by atoms with van der Waals surface area (Å²) in [6.07, 6.45) is 1.65. The Labute approximate surface area is 184 Å². The number of carbonyl (C=O) groups excluding carboxylic acids is 1. The first-order chi connectivity index (χ1) is 15.2. The summed E-state index contributed by atoms with van der Waals surface area (Å²) in [6, 6.07) is 17.2. The second-order valence-electron chi connectivity index (χ2n) is 6.67. The molecule has 1 amide bonds. The highest BCUT2D eigenvalue weighted by atomic mass is 32.1. The number of nitrogens with zero attached hydrogens (tertiary/aromatic N) is 4. The molecular weight excluding hydrogens is 430 g/mol. The highest BCUT2D eigenvalue weighted by Gasteiger charge is 2.16. The first kappa shape index (κ1) is 19.3. The van der Waals surface area contributed by atoms with Crippen LogP contribution >= 0.6 is 22.7 Å². The van der Waals surface area contributed by atoms with E-state index in [4.69, 9.17) is 4.42 Å². The molecule has 2 aromatic carbocycles. The number of anilines is 1. The summed E-state index contributed by atoms with van der Waals surface area (Å²) in [5, 5.41) is 15.4. The van der Waals surface area contributed by atoms with E-state index in [1.165, 1.54) is 22.7 Å². The zero-order valence-corrected chi connectivity index (χ0v) is 17.9. The van der Waals surface area contributed by atoms with Gasteiger partial charge < -0.3 is 4.42 Å². The molecule has 0 saturated carbocycles. The molecule has 0 aliphatic heterocycles. The van der Waals surface area contributed by atoms with Gasteiger partial charge in [-0.1, -0.05) is 53.3 Å². The molecule has 5 aromatic rings. The molecule has 0 spiro atoms. The Morgan fingerprint density at radius 1 is 1.10 bits per heavy atom. The zero-order chi connectivity index (χ0) is 21.2. The summed E-state index contributed by atoms with van der Waals surface area (Å²) in [5.41, 5.74) is 3.20. The molecular formula is C22H15N5O2S2. The summed E-state index contributed by atoms with van der Waals surface area (Å²) < 4.78 is 5.92. The maximum Gasteiger partial charge on any atom is 0.263 e. The van der Waals surface area contributed by atoms with Gasteiger partial charge in [-0.25, -0.2) is 4.98 Å². The van der Waals surface area contributed by atoms with E-state index in [9.17, 15) is 4.79 Å². The largest absolute Gasteiger partial charge is 0.437 e. The van der Waals surface area contributed by atoms with E-state index in [1.807, 2.05) is 60.8 Å². The lowest BCUT2D eigenvalue weighted by Crippen LogP contribution is -2.21. The molecule has 3 heterocycles. The van der Waals surface area contributed by atoms with E-state index in [2.05, 4.69) is 25.5 Å². The van der Waals surface area contributed by atoms with Crippen molar-refractivity contribution in [3.63, 3.8) is 0 Å². The molecule has 9 heteroatoms. The minimum absolute atomic E-state index is 0.189. The van der Waals surface area contributed by atoms with Crippen molar-refractivity contribution in [1.29, 1.82) is 0 Å². The van der Waals surface area contributed by atoms with Crippen molar-refractivity contribution < 1.29 is 9.21 Å². The number of hydrogen-bond acceptors (Lipinski definition) is 8. The van der Waals surface area contributed by atoms with Crippen molar-refractivity contribution in [3.05, 3.63) is 82.9 Å². The van der Waals surface area contributed by atoms with Gasteiger partial charge in [0.1, 0.15) is 16.2 Å². The number of aryl methyl sites for hydroxylation is 1. The molecule has 0 radical (unpaired) electrons. The van der Waals surface area contributed by atoms with E-state index in [1.54, 1.807) is 12.3 Å². The summed E-state index contributed by atoms with van der Waals surface area (Å²) >= 11 is 2.67. The van der Waals surface area contributed by atoms with Crippen LogP contribution in [0.5, 0.6) is 0 Å². The first-order valence-electron chi connectivity index (χ1n) is 9.35. The van der Waals surface area contributed by atoms with E-state index in [-0.39, 0.29) is 11.5 Å².